The first-order valence-corrected chi connectivity index (χ1v) is 8.22. The second kappa shape index (κ2) is 8.70. The van der Waals surface area contributed by atoms with Gasteiger partial charge in [-0.25, -0.2) is 4.98 Å². The molecular weight excluding hydrogens is 415 g/mol. The summed E-state index contributed by atoms with van der Waals surface area (Å²) in [6, 6.07) is 2.15. The van der Waals surface area contributed by atoms with E-state index in [9.17, 15) is 0 Å². The molecule has 0 spiro atoms. The van der Waals surface area contributed by atoms with Gasteiger partial charge in [-0.2, -0.15) is 0 Å². The van der Waals surface area contributed by atoms with Crippen molar-refractivity contribution >= 4 is 52.6 Å². The van der Waals surface area contributed by atoms with Gasteiger partial charge in [-0.1, -0.05) is 0 Å². The monoisotopic (exact) mass is 436 g/mol. The lowest BCUT2D eigenvalue weighted by Crippen LogP contribution is -2.38. The van der Waals surface area contributed by atoms with Gasteiger partial charge in [-0.05, 0) is 30.9 Å². The maximum Gasteiger partial charge on any atom is 0.194 e. The highest BCUT2D eigenvalue weighted by Crippen LogP contribution is 2.15. The third-order valence-electron chi connectivity index (χ3n) is 3.01. The third-order valence-corrected chi connectivity index (χ3v) is 4.86. The van der Waals surface area contributed by atoms with Gasteiger partial charge in [0.2, 0.25) is 0 Å². The fourth-order valence-electron chi connectivity index (χ4n) is 1.93. The summed E-state index contributed by atoms with van der Waals surface area (Å²) in [5.41, 5.74) is 2.42. The van der Waals surface area contributed by atoms with Crippen LogP contribution in [0.5, 0.6) is 0 Å². The van der Waals surface area contributed by atoms with Crippen molar-refractivity contribution in [1.29, 1.82) is 0 Å². The molecule has 0 saturated heterocycles. The van der Waals surface area contributed by atoms with Crippen LogP contribution in [0.4, 0.5) is 0 Å². The number of aryl methyl sites for hydroxylation is 2. The van der Waals surface area contributed by atoms with E-state index in [1.807, 2.05) is 21.0 Å². The van der Waals surface area contributed by atoms with E-state index in [1.54, 1.807) is 22.7 Å². The smallest absolute Gasteiger partial charge is 0.194 e. The van der Waals surface area contributed by atoms with E-state index < -0.39 is 0 Å². The van der Waals surface area contributed by atoms with Crippen LogP contribution in [0.2, 0.25) is 0 Å². The molecule has 1 N–H and O–H groups in total. The van der Waals surface area contributed by atoms with Crippen LogP contribution in [0.15, 0.2) is 21.8 Å². The Hall–Kier alpha value is -0.670. The Morgan fingerprint density at radius 2 is 2.14 bits per heavy atom. The molecule has 2 heterocycles. The van der Waals surface area contributed by atoms with Gasteiger partial charge in [-0.3, -0.25) is 4.99 Å². The van der Waals surface area contributed by atoms with E-state index in [1.165, 1.54) is 10.4 Å². The predicted octanol–water partition coefficient (Wildman–Crippen LogP) is 3.65. The van der Waals surface area contributed by atoms with E-state index in [4.69, 9.17) is 0 Å². The molecule has 0 aliphatic carbocycles. The molecule has 116 valence electrons. The number of aliphatic imine (C=N–C) groups is 1. The molecule has 4 nitrogen and oxygen atoms in total. The highest BCUT2D eigenvalue weighted by molar-refractivity contribution is 14.0. The van der Waals surface area contributed by atoms with Gasteiger partial charge in [0.1, 0.15) is 0 Å². The Balaban J connectivity index is 0.00000220. The summed E-state index contributed by atoms with van der Waals surface area (Å²) in [6.07, 6.45) is 0. The third kappa shape index (κ3) is 5.23. The molecule has 0 fully saturated rings. The van der Waals surface area contributed by atoms with Crippen LogP contribution in [0, 0.1) is 13.8 Å². The number of halogens is 1. The summed E-state index contributed by atoms with van der Waals surface area (Å²) in [6.45, 7) is 5.75. The van der Waals surface area contributed by atoms with Gasteiger partial charge in [-0.15, -0.1) is 46.7 Å². The zero-order valence-electron chi connectivity index (χ0n) is 12.7. The summed E-state index contributed by atoms with van der Waals surface area (Å²) in [7, 11) is 3.84. The lowest BCUT2D eigenvalue weighted by Gasteiger charge is -2.21. The zero-order chi connectivity index (χ0) is 14.5. The number of rotatable bonds is 4. The Bertz CT molecular complexity index is 591. The van der Waals surface area contributed by atoms with Crippen LogP contribution in [0.25, 0.3) is 0 Å². The molecule has 0 atom stereocenters. The van der Waals surface area contributed by atoms with E-state index in [0.29, 0.717) is 0 Å². The van der Waals surface area contributed by atoms with Crippen molar-refractivity contribution in [3.63, 3.8) is 0 Å². The standard InChI is InChI=1S/C14H20N4S2.HI/c1-10-5-6-19-13(10)7-16-14(15-3)18(4)8-12-9-20-11(2)17-12;/h5-6,9H,7-8H2,1-4H3,(H,15,16);1H. The number of nitrogens with zero attached hydrogens (tertiary/aromatic N) is 3. The molecule has 2 aromatic heterocycles. The molecule has 2 rings (SSSR count). The zero-order valence-corrected chi connectivity index (χ0v) is 16.7. The quantitative estimate of drug-likeness (QED) is 0.452. The molecule has 0 unspecified atom stereocenters. The maximum atomic E-state index is 4.49. The summed E-state index contributed by atoms with van der Waals surface area (Å²) >= 11 is 3.46. The van der Waals surface area contributed by atoms with Crippen molar-refractivity contribution in [1.82, 2.24) is 15.2 Å². The van der Waals surface area contributed by atoms with E-state index in [2.05, 4.69) is 43.9 Å². The highest BCUT2D eigenvalue weighted by Gasteiger charge is 2.09. The topological polar surface area (TPSA) is 40.5 Å². The van der Waals surface area contributed by atoms with Crippen molar-refractivity contribution < 1.29 is 0 Å². The van der Waals surface area contributed by atoms with Crippen molar-refractivity contribution in [2.45, 2.75) is 26.9 Å². The van der Waals surface area contributed by atoms with Gasteiger partial charge in [0.25, 0.3) is 0 Å². The lowest BCUT2D eigenvalue weighted by atomic mass is 10.3. The Morgan fingerprint density at radius 1 is 1.38 bits per heavy atom. The van der Waals surface area contributed by atoms with Gasteiger partial charge in [0.15, 0.2) is 5.96 Å². The molecule has 7 heteroatoms. The van der Waals surface area contributed by atoms with Crippen LogP contribution in [0.1, 0.15) is 21.1 Å². The van der Waals surface area contributed by atoms with Crippen LogP contribution in [0.3, 0.4) is 0 Å². The molecule has 2 aromatic rings. The predicted molar refractivity (Wildman–Crippen MR) is 103 cm³/mol. The largest absolute Gasteiger partial charge is 0.351 e. The summed E-state index contributed by atoms with van der Waals surface area (Å²) in [4.78, 5) is 12.3. The average molecular weight is 436 g/mol. The van der Waals surface area contributed by atoms with Crippen LogP contribution >= 0.6 is 46.7 Å². The minimum absolute atomic E-state index is 0. The van der Waals surface area contributed by atoms with Crippen LogP contribution in [-0.2, 0) is 13.1 Å². The normalized spacial score (nSPS) is 11.1. The first-order chi connectivity index (χ1) is 9.60. The fraction of sp³-hybridized carbons (Fsp3) is 0.429. The van der Waals surface area contributed by atoms with E-state index in [0.717, 1.165) is 29.8 Å². The number of nitrogens with one attached hydrogen (secondary N) is 1. The number of hydrogen-bond donors (Lipinski definition) is 1. The van der Waals surface area contributed by atoms with Gasteiger partial charge >= 0.3 is 0 Å². The molecule has 0 radical (unpaired) electrons. The van der Waals surface area contributed by atoms with E-state index >= 15 is 0 Å². The molecule has 0 saturated carbocycles. The first kappa shape index (κ1) is 18.4. The lowest BCUT2D eigenvalue weighted by molar-refractivity contribution is 0.471. The van der Waals surface area contributed by atoms with Crippen molar-refractivity contribution in [3.05, 3.63) is 38.0 Å². The Kier molecular flexibility index (Phi) is 7.61. The molecular formula is C14H21IN4S2. The summed E-state index contributed by atoms with van der Waals surface area (Å²) in [5, 5.41) is 8.73. The molecule has 0 aromatic carbocycles. The second-order valence-corrected chi connectivity index (χ2v) is 6.70. The maximum absolute atomic E-state index is 4.49. The minimum Gasteiger partial charge on any atom is -0.351 e. The van der Waals surface area contributed by atoms with Crippen LogP contribution in [-0.4, -0.2) is 29.9 Å². The number of thiophene rings is 1. The average Bonchev–Trinajstić information content (AvgIpc) is 3.00. The van der Waals surface area contributed by atoms with Crippen molar-refractivity contribution in [3.8, 4) is 0 Å². The number of thiazole rings is 1. The minimum atomic E-state index is 0. The fourth-order valence-corrected chi connectivity index (χ4v) is 3.38. The van der Waals surface area contributed by atoms with Gasteiger partial charge in [0, 0.05) is 24.4 Å². The summed E-state index contributed by atoms with van der Waals surface area (Å²) in [5.74, 6) is 0.892. The molecule has 0 amide bonds. The number of guanidine groups is 1. The molecule has 0 aliphatic heterocycles. The molecule has 21 heavy (non-hydrogen) atoms. The molecule has 0 aliphatic rings. The molecule has 0 bridgehead atoms. The summed E-state index contributed by atoms with van der Waals surface area (Å²) < 4.78 is 0. The number of hydrogen-bond acceptors (Lipinski definition) is 4. The van der Waals surface area contributed by atoms with Gasteiger partial charge < -0.3 is 10.2 Å². The first-order valence-electron chi connectivity index (χ1n) is 6.46. The number of aromatic nitrogens is 1. The second-order valence-electron chi connectivity index (χ2n) is 4.64. The van der Waals surface area contributed by atoms with Gasteiger partial charge in [0.05, 0.1) is 23.8 Å². The van der Waals surface area contributed by atoms with Crippen molar-refractivity contribution in [2.24, 2.45) is 4.99 Å². The van der Waals surface area contributed by atoms with E-state index in [-0.39, 0.29) is 24.0 Å². The Labute approximate surface area is 151 Å². The van der Waals surface area contributed by atoms with Crippen molar-refractivity contribution in [2.75, 3.05) is 14.1 Å². The van der Waals surface area contributed by atoms with Crippen LogP contribution < -0.4 is 5.32 Å². The SMILES string of the molecule is CN=C(NCc1sccc1C)N(C)Cc1csc(C)n1.I. The Morgan fingerprint density at radius 3 is 2.67 bits per heavy atom. The highest BCUT2D eigenvalue weighted by atomic mass is 127.